The summed E-state index contributed by atoms with van der Waals surface area (Å²) in [5.41, 5.74) is 10.2. The van der Waals surface area contributed by atoms with E-state index in [0.29, 0.717) is 0 Å². The summed E-state index contributed by atoms with van der Waals surface area (Å²) in [4.78, 5) is 3.28. The highest BCUT2D eigenvalue weighted by Crippen LogP contribution is 2.32. The highest BCUT2D eigenvalue weighted by atomic mass is 14.7. The molecule has 4 aromatic rings. The maximum absolute atomic E-state index is 6.01. The summed E-state index contributed by atoms with van der Waals surface area (Å²) in [6.45, 7) is 0. The average molecular weight is 258 g/mol. The number of hydrogen-bond acceptors (Lipinski definition) is 1. The predicted molar refractivity (Wildman–Crippen MR) is 85.7 cm³/mol. The molecule has 0 amide bonds. The predicted octanol–water partition coefficient (Wildman–Crippen LogP) is 4.57. The summed E-state index contributed by atoms with van der Waals surface area (Å²) in [6.07, 6.45) is 2.03. The van der Waals surface area contributed by atoms with Gasteiger partial charge in [0.1, 0.15) is 0 Å². The van der Waals surface area contributed by atoms with Gasteiger partial charge in [0.15, 0.2) is 0 Å². The Labute approximate surface area is 116 Å². The van der Waals surface area contributed by atoms with Gasteiger partial charge in [-0.1, -0.05) is 48.5 Å². The molecule has 0 fully saturated rings. The number of para-hydroxylation sites is 1. The molecular formula is C18H14N2. The standard InChI is InChI=1S/C18H14N2/c19-17-7-3-6-15-16(11-20-18(15)17)14-9-8-12-4-1-2-5-13(12)10-14/h1-11,20H,19H2. The summed E-state index contributed by atoms with van der Waals surface area (Å²) in [5.74, 6) is 0. The molecule has 20 heavy (non-hydrogen) atoms. The van der Waals surface area contributed by atoms with Gasteiger partial charge in [-0.3, -0.25) is 0 Å². The molecule has 0 saturated heterocycles. The topological polar surface area (TPSA) is 41.8 Å². The molecule has 1 aromatic heterocycles. The Balaban J connectivity index is 1.99. The van der Waals surface area contributed by atoms with Crippen molar-refractivity contribution in [2.24, 2.45) is 0 Å². The number of benzene rings is 3. The lowest BCUT2D eigenvalue weighted by atomic mass is 10.0. The summed E-state index contributed by atoms with van der Waals surface area (Å²) >= 11 is 0. The van der Waals surface area contributed by atoms with Crippen molar-refractivity contribution >= 4 is 27.4 Å². The first-order chi connectivity index (χ1) is 9.83. The molecule has 96 valence electrons. The first-order valence-electron chi connectivity index (χ1n) is 6.68. The highest BCUT2D eigenvalue weighted by molar-refractivity contribution is 6.02. The maximum Gasteiger partial charge on any atom is 0.0694 e. The zero-order valence-electron chi connectivity index (χ0n) is 10.9. The van der Waals surface area contributed by atoms with E-state index < -0.39 is 0 Å². The van der Waals surface area contributed by atoms with Crippen LogP contribution < -0.4 is 5.73 Å². The minimum absolute atomic E-state index is 0.787. The molecule has 0 aliphatic heterocycles. The van der Waals surface area contributed by atoms with E-state index in [1.54, 1.807) is 0 Å². The third-order valence-corrected chi connectivity index (χ3v) is 3.81. The Kier molecular flexibility index (Phi) is 2.30. The number of nitrogen functional groups attached to an aromatic ring is 1. The fourth-order valence-corrected chi connectivity index (χ4v) is 2.77. The Bertz CT molecular complexity index is 919. The normalized spacial score (nSPS) is 11.2. The van der Waals surface area contributed by atoms with Crippen molar-refractivity contribution in [1.82, 2.24) is 4.98 Å². The second-order valence-corrected chi connectivity index (χ2v) is 5.03. The summed E-state index contributed by atoms with van der Waals surface area (Å²) < 4.78 is 0. The van der Waals surface area contributed by atoms with Crippen LogP contribution >= 0.6 is 0 Å². The maximum atomic E-state index is 6.01. The van der Waals surface area contributed by atoms with Crippen LogP contribution in [0.5, 0.6) is 0 Å². The average Bonchev–Trinajstić information content (AvgIpc) is 2.92. The van der Waals surface area contributed by atoms with Gasteiger partial charge >= 0.3 is 0 Å². The van der Waals surface area contributed by atoms with E-state index in [9.17, 15) is 0 Å². The van der Waals surface area contributed by atoms with Gasteiger partial charge in [-0.2, -0.15) is 0 Å². The molecule has 3 N–H and O–H groups in total. The van der Waals surface area contributed by atoms with Gasteiger partial charge in [0.25, 0.3) is 0 Å². The minimum Gasteiger partial charge on any atom is -0.397 e. The Morgan fingerprint density at radius 2 is 1.65 bits per heavy atom. The Hall–Kier alpha value is -2.74. The largest absolute Gasteiger partial charge is 0.397 e. The first-order valence-corrected chi connectivity index (χ1v) is 6.68. The third kappa shape index (κ3) is 1.58. The van der Waals surface area contributed by atoms with Crippen molar-refractivity contribution in [2.45, 2.75) is 0 Å². The lowest BCUT2D eigenvalue weighted by molar-refractivity contribution is 1.47. The van der Waals surface area contributed by atoms with E-state index in [1.807, 2.05) is 18.3 Å². The smallest absolute Gasteiger partial charge is 0.0694 e. The number of aromatic amines is 1. The van der Waals surface area contributed by atoms with E-state index in [1.165, 1.54) is 27.3 Å². The molecule has 0 aliphatic carbocycles. The quantitative estimate of drug-likeness (QED) is 0.482. The second-order valence-electron chi connectivity index (χ2n) is 5.03. The number of fused-ring (bicyclic) bond motifs is 2. The molecule has 0 radical (unpaired) electrons. The zero-order valence-corrected chi connectivity index (χ0v) is 10.9. The van der Waals surface area contributed by atoms with Gasteiger partial charge < -0.3 is 10.7 Å². The number of hydrogen-bond donors (Lipinski definition) is 2. The van der Waals surface area contributed by atoms with Crippen molar-refractivity contribution in [1.29, 1.82) is 0 Å². The van der Waals surface area contributed by atoms with E-state index >= 15 is 0 Å². The molecule has 2 heteroatoms. The fraction of sp³-hybridized carbons (Fsp3) is 0. The summed E-state index contributed by atoms with van der Waals surface area (Å²) in [7, 11) is 0. The second kappa shape index (κ2) is 4.14. The Morgan fingerprint density at radius 1 is 0.800 bits per heavy atom. The lowest BCUT2D eigenvalue weighted by Crippen LogP contribution is -1.85. The molecule has 0 spiro atoms. The van der Waals surface area contributed by atoms with Crippen LogP contribution in [0.3, 0.4) is 0 Å². The number of nitrogens with two attached hydrogens (primary N) is 1. The number of rotatable bonds is 1. The van der Waals surface area contributed by atoms with Gasteiger partial charge in [0, 0.05) is 17.1 Å². The van der Waals surface area contributed by atoms with E-state index in [2.05, 4.69) is 53.5 Å². The van der Waals surface area contributed by atoms with E-state index in [-0.39, 0.29) is 0 Å². The molecule has 0 atom stereocenters. The molecule has 0 bridgehead atoms. The van der Waals surface area contributed by atoms with Gasteiger partial charge in [-0.05, 0) is 28.5 Å². The van der Waals surface area contributed by atoms with E-state index in [4.69, 9.17) is 5.73 Å². The van der Waals surface area contributed by atoms with Gasteiger partial charge in [-0.15, -0.1) is 0 Å². The monoisotopic (exact) mass is 258 g/mol. The van der Waals surface area contributed by atoms with Crippen molar-refractivity contribution in [3.63, 3.8) is 0 Å². The molecular weight excluding hydrogens is 244 g/mol. The molecule has 0 unspecified atom stereocenters. The van der Waals surface area contributed by atoms with E-state index in [0.717, 1.165) is 11.2 Å². The van der Waals surface area contributed by atoms with Crippen LogP contribution in [0.25, 0.3) is 32.8 Å². The summed E-state index contributed by atoms with van der Waals surface area (Å²) in [6, 6.07) is 21.0. The molecule has 0 aliphatic rings. The van der Waals surface area contributed by atoms with Gasteiger partial charge in [-0.25, -0.2) is 0 Å². The van der Waals surface area contributed by atoms with Crippen LogP contribution in [0, 0.1) is 0 Å². The first kappa shape index (κ1) is 11.1. The van der Waals surface area contributed by atoms with Crippen LogP contribution in [-0.2, 0) is 0 Å². The van der Waals surface area contributed by atoms with Crippen LogP contribution in [-0.4, -0.2) is 4.98 Å². The van der Waals surface area contributed by atoms with Crippen LogP contribution in [0.1, 0.15) is 0 Å². The lowest BCUT2D eigenvalue weighted by Gasteiger charge is -2.03. The minimum atomic E-state index is 0.787. The molecule has 3 aromatic carbocycles. The third-order valence-electron chi connectivity index (χ3n) is 3.81. The van der Waals surface area contributed by atoms with Crippen LogP contribution in [0.2, 0.25) is 0 Å². The molecule has 4 rings (SSSR count). The van der Waals surface area contributed by atoms with Crippen molar-refractivity contribution in [3.05, 3.63) is 66.9 Å². The number of aromatic nitrogens is 1. The number of nitrogens with one attached hydrogen (secondary N) is 1. The van der Waals surface area contributed by atoms with Crippen molar-refractivity contribution in [2.75, 3.05) is 5.73 Å². The van der Waals surface area contributed by atoms with Crippen LogP contribution in [0.15, 0.2) is 66.9 Å². The number of anilines is 1. The molecule has 0 saturated carbocycles. The van der Waals surface area contributed by atoms with Crippen molar-refractivity contribution in [3.8, 4) is 11.1 Å². The highest BCUT2D eigenvalue weighted by Gasteiger charge is 2.08. The summed E-state index contributed by atoms with van der Waals surface area (Å²) in [5, 5.41) is 3.68. The fourth-order valence-electron chi connectivity index (χ4n) is 2.77. The molecule has 2 nitrogen and oxygen atoms in total. The van der Waals surface area contributed by atoms with Gasteiger partial charge in [0.05, 0.1) is 11.2 Å². The van der Waals surface area contributed by atoms with Crippen molar-refractivity contribution < 1.29 is 0 Å². The zero-order chi connectivity index (χ0) is 13.5. The van der Waals surface area contributed by atoms with Gasteiger partial charge in [0.2, 0.25) is 0 Å². The van der Waals surface area contributed by atoms with Crippen LogP contribution in [0.4, 0.5) is 5.69 Å². The number of H-pyrrole nitrogens is 1. The molecule has 1 heterocycles. The SMILES string of the molecule is Nc1cccc2c(-c3ccc4ccccc4c3)c[nH]c12. The Morgan fingerprint density at radius 3 is 2.55 bits per heavy atom.